The Morgan fingerprint density at radius 1 is 1.21 bits per heavy atom. The van der Waals surface area contributed by atoms with Crippen LogP contribution in [0, 0.1) is 0 Å². The Morgan fingerprint density at radius 3 is 2.79 bits per heavy atom. The van der Waals surface area contributed by atoms with E-state index in [-0.39, 0.29) is 5.91 Å². The van der Waals surface area contributed by atoms with Gasteiger partial charge in [-0.2, -0.15) is 10.2 Å². The molecule has 0 spiro atoms. The summed E-state index contributed by atoms with van der Waals surface area (Å²) in [5, 5.41) is 10.6. The van der Waals surface area contributed by atoms with Crippen molar-refractivity contribution in [2.75, 3.05) is 7.05 Å². The van der Waals surface area contributed by atoms with Crippen LogP contribution in [0.2, 0.25) is 0 Å². The second-order valence-corrected chi connectivity index (χ2v) is 4.20. The van der Waals surface area contributed by atoms with Gasteiger partial charge < -0.3 is 5.32 Å². The number of allylic oxidation sites excluding steroid dienone is 4. The quantitative estimate of drug-likeness (QED) is 0.834. The van der Waals surface area contributed by atoms with E-state index in [1.54, 1.807) is 7.05 Å². The van der Waals surface area contributed by atoms with Crippen LogP contribution in [0.5, 0.6) is 0 Å². The van der Waals surface area contributed by atoms with Gasteiger partial charge in [-0.25, -0.2) is 4.98 Å². The molecule has 1 unspecified atom stereocenters. The number of fused-ring (bicyclic) bond motifs is 2. The summed E-state index contributed by atoms with van der Waals surface area (Å²) in [5.41, 5.74) is 3.06. The maximum Gasteiger partial charge on any atom is 0.252 e. The summed E-state index contributed by atoms with van der Waals surface area (Å²) in [6, 6.07) is 1.27. The van der Waals surface area contributed by atoms with E-state index < -0.39 is 6.04 Å². The van der Waals surface area contributed by atoms with Crippen molar-refractivity contribution in [2.45, 2.75) is 6.04 Å². The highest BCUT2D eigenvalue weighted by molar-refractivity contribution is 5.85. The van der Waals surface area contributed by atoms with Crippen molar-refractivity contribution < 1.29 is 4.79 Å². The van der Waals surface area contributed by atoms with E-state index in [9.17, 15) is 4.79 Å². The first-order valence-corrected chi connectivity index (χ1v) is 5.98. The molecule has 5 nitrogen and oxygen atoms in total. The van der Waals surface area contributed by atoms with Gasteiger partial charge in [0.05, 0.1) is 5.69 Å². The fraction of sp³-hybridized carbons (Fsp3) is 0.143. The molecule has 1 N–H and O–H groups in total. The van der Waals surface area contributed by atoms with Crippen molar-refractivity contribution in [2.24, 2.45) is 10.2 Å². The third-order valence-electron chi connectivity index (χ3n) is 2.99. The second-order valence-electron chi connectivity index (χ2n) is 4.20. The second kappa shape index (κ2) is 4.61. The van der Waals surface area contributed by atoms with E-state index in [0.717, 1.165) is 11.3 Å². The Kier molecular flexibility index (Phi) is 2.79. The van der Waals surface area contributed by atoms with Crippen molar-refractivity contribution in [3.8, 4) is 0 Å². The lowest BCUT2D eigenvalue weighted by Gasteiger charge is -2.08. The first kappa shape index (κ1) is 11.5. The van der Waals surface area contributed by atoms with Gasteiger partial charge in [-0.3, -0.25) is 4.79 Å². The van der Waals surface area contributed by atoms with Gasteiger partial charge in [0.2, 0.25) is 0 Å². The van der Waals surface area contributed by atoms with Crippen molar-refractivity contribution in [3.05, 3.63) is 47.3 Å². The minimum atomic E-state index is -0.635. The van der Waals surface area contributed by atoms with Crippen LogP contribution in [0.1, 0.15) is 23.0 Å². The maximum absolute atomic E-state index is 11.7. The largest absolute Gasteiger partial charge is 0.357 e. The van der Waals surface area contributed by atoms with Gasteiger partial charge in [0.25, 0.3) is 5.91 Å². The fourth-order valence-electron chi connectivity index (χ4n) is 2.02. The van der Waals surface area contributed by atoms with Gasteiger partial charge in [-0.1, -0.05) is 30.4 Å². The molecule has 0 bridgehead atoms. The number of amides is 1. The lowest BCUT2D eigenvalue weighted by atomic mass is 10.1. The number of nitrogens with one attached hydrogen (secondary N) is 1. The van der Waals surface area contributed by atoms with Gasteiger partial charge in [-0.05, 0) is 12.1 Å². The topological polar surface area (TPSA) is 66.7 Å². The lowest BCUT2D eigenvalue weighted by Crippen LogP contribution is -2.24. The third-order valence-corrected chi connectivity index (χ3v) is 2.99. The van der Waals surface area contributed by atoms with Crippen LogP contribution in [0.15, 0.2) is 40.6 Å². The van der Waals surface area contributed by atoms with Crippen molar-refractivity contribution in [3.63, 3.8) is 0 Å². The predicted octanol–water partition coefficient (Wildman–Crippen LogP) is 2.56. The van der Waals surface area contributed by atoms with Crippen LogP contribution in [0.3, 0.4) is 0 Å². The van der Waals surface area contributed by atoms with Crippen molar-refractivity contribution in [1.82, 2.24) is 10.3 Å². The molecular formula is C14H12N4O. The maximum atomic E-state index is 11.7. The number of aromatic nitrogens is 1. The average molecular weight is 252 g/mol. The summed E-state index contributed by atoms with van der Waals surface area (Å²) in [5.74, 6) is -0.194. The number of hydrogen-bond acceptors (Lipinski definition) is 4. The zero-order valence-electron chi connectivity index (χ0n) is 10.4. The molecule has 1 aromatic heterocycles. The molecule has 0 saturated heterocycles. The number of hydrogen-bond donors (Lipinski definition) is 1. The molecule has 94 valence electrons. The smallest absolute Gasteiger partial charge is 0.252 e. The van der Waals surface area contributed by atoms with Gasteiger partial charge in [-0.15, -0.1) is 0 Å². The Balaban J connectivity index is 2.10. The molecule has 1 amide bonds. The number of carbonyl (C=O) groups excluding carboxylic acids is 1. The predicted molar refractivity (Wildman–Crippen MR) is 72.8 cm³/mol. The van der Waals surface area contributed by atoms with E-state index in [0.29, 0.717) is 11.4 Å². The van der Waals surface area contributed by atoms with Gasteiger partial charge in [0, 0.05) is 12.6 Å². The fourth-order valence-corrected chi connectivity index (χ4v) is 2.02. The molecule has 2 aliphatic rings. The SMILES string of the molecule is CNC(=O)C1N=Nc2cc3c(nc21)\C=C/C=C\C=C/3. The molecule has 0 fully saturated rings. The minimum Gasteiger partial charge on any atom is -0.357 e. The molecule has 0 aromatic carbocycles. The molecule has 3 rings (SSSR count). The van der Waals surface area contributed by atoms with E-state index in [1.807, 2.05) is 42.5 Å². The molecular weight excluding hydrogens is 240 g/mol. The molecule has 19 heavy (non-hydrogen) atoms. The third kappa shape index (κ3) is 1.99. The lowest BCUT2D eigenvalue weighted by molar-refractivity contribution is -0.121. The van der Waals surface area contributed by atoms with Gasteiger partial charge in [0.15, 0.2) is 6.04 Å². The summed E-state index contributed by atoms with van der Waals surface area (Å²) >= 11 is 0. The normalized spacial score (nSPS) is 23.7. The molecule has 5 heteroatoms. The Hall–Kier alpha value is -2.56. The molecule has 2 heterocycles. The highest BCUT2D eigenvalue weighted by Crippen LogP contribution is 2.36. The monoisotopic (exact) mass is 252 g/mol. The molecule has 1 aromatic rings. The standard InChI is InChI=1S/C14H12N4O/c1-15-14(19)13-12-11(17-18-13)8-9-6-4-2-3-5-7-10(9)16-12/h2-8,13H,1H3,(H,15,19)/b3-2-,4-2?,5-3?,6-4-,7-5-,9-6?,10-7?. The summed E-state index contributed by atoms with van der Waals surface area (Å²) in [6.07, 6.45) is 11.6. The number of pyridine rings is 1. The molecule has 1 aliphatic carbocycles. The number of nitrogens with zero attached hydrogens (tertiary/aromatic N) is 3. The number of rotatable bonds is 1. The van der Waals surface area contributed by atoms with E-state index in [1.165, 1.54) is 0 Å². The highest BCUT2D eigenvalue weighted by Gasteiger charge is 2.29. The Bertz CT molecular complexity index is 656. The van der Waals surface area contributed by atoms with Crippen LogP contribution in [0.4, 0.5) is 5.69 Å². The summed E-state index contributed by atoms with van der Waals surface area (Å²) in [6.45, 7) is 0. The Morgan fingerprint density at radius 2 is 2.00 bits per heavy atom. The molecule has 1 atom stereocenters. The van der Waals surface area contributed by atoms with Crippen LogP contribution < -0.4 is 5.32 Å². The van der Waals surface area contributed by atoms with E-state index in [4.69, 9.17) is 0 Å². The van der Waals surface area contributed by atoms with Crippen molar-refractivity contribution in [1.29, 1.82) is 0 Å². The van der Waals surface area contributed by atoms with Crippen LogP contribution in [-0.2, 0) is 4.79 Å². The van der Waals surface area contributed by atoms with Crippen LogP contribution in [-0.4, -0.2) is 17.9 Å². The number of azo groups is 1. The van der Waals surface area contributed by atoms with Gasteiger partial charge >= 0.3 is 0 Å². The summed E-state index contributed by atoms with van der Waals surface area (Å²) < 4.78 is 0. The minimum absolute atomic E-state index is 0.194. The Labute approximate surface area is 110 Å². The number of likely N-dealkylation sites (N-methyl/N-ethyl adjacent to an activating group) is 1. The highest BCUT2D eigenvalue weighted by atomic mass is 16.2. The molecule has 0 saturated carbocycles. The van der Waals surface area contributed by atoms with E-state index in [2.05, 4.69) is 20.5 Å². The zero-order valence-corrected chi connectivity index (χ0v) is 10.4. The first-order chi connectivity index (χ1) is 9.29. The summed E-state index contributed by atoms with van der Waals surface area (Å²) in [4.78, 5) is 16.2. The van der Waals surface area contributed by atoms with Crippen LogP contribution in [0.25, 0.3) is 12.2 Å². The zero-order chi connectivity index (χ0) is 13.2. The molecule has 1 aliphatic heterocycles. The molecule has 0 radical (unpaired) electrons. The van der Waals surface area contributed by atoms with Gasteiger partial charge in [0.1, 0.15) is 11.4 Å². The first-order valence-electron chi connectivity index (χ1n) is 5.98. The number of carbonyl (C=O) groups is 1. The van der Waals surface area contributed by atoms with Crippen LogP contribution >= 0.6 is 0 Å². The van der Waals surface area contributed by atoms with Crippen molar-refractivity contribution >= 4 is 23.7 Å². The summed E-state index contributed by atoms with van der Waals surface area (Å²) in [7, 11) is 1.58. The van der Waals surface area contributed by atoms with E-state index >= 15 is 0 Å². The average Bonchev–Trinajstić information content (AvgIpc) is 2.80.